The van der Waals surface area contributed by atoms with Gasteiger partial charge in [-0.3, -0.25) is 0 Å². The van der Waals surface area contributed by atoms with Crippen LogP contribution in [0, 0.1) is 22.9 Å². The van der Waals surface area contributed by atoms with Crippen molar-refractivity contribution in [1.29, 1.82) is 0 Å². The highest BCUT2D eigenvalue weighted by Crippen LogP contribution is 2.21. The summed E-state index contributed by atoms with van der Waals surface area (Å²) in [6.45, 7) is 3.46. The summed E-state index contributed by atoms with van der Waals surface area (Å²) >= 11 is 0. The molecule has 0 aliphatic carbocycles. The number of hydrogen-bond donors (Lipinski definition) is 2. The molecule has 0 saturated heterocycles. The minimum absolute atomic E-state index is 0.0951. The Morgan fingerprint density at radius 1 is 1.21 bits per heavy atom. The number of nitrogens with two attached hydrogens (primary N) is 1. The zero-order valence-corrected chi connectivity index (χ0v) is 11.3. The molecule has 8 heteroatoms. The second-order valence-electron chi connectivity index (χ2n) is 4.89. The normalized spacial score (nSPS) is 12.7. The SMILES string of the molecule is CC(C)(CN)CNS(=O)(=O)c1c(F)cc(F)cc1F. The van der Waals surface area contributed by atoms with Crippen molar-refractivity contribution in [3.63, 3.8) is 0 Å². The average molecular weight is 296 g/mol. The van der Waals surface area contributed by atoms with Gasteiger partial charge in [-0.25, -0.2) is 26.3 Å². The van der Waals surface area contributed by atoms with Crippen molar-refractivity contribution in [3.8, 4) is 0 Å². The van der Waals surface area contributed by atoms with Crippen LogP contribution in [0.1, 0.15) is 13.8 Å². The lowest BCUT2D eigenvalue weighted by molar-refractivity contribution is 0.375. The van der Waals surface area contributed by atoms with E-state index in [0.717, 1.165) is 0 Å². The van der Waals surface area contributed by atoms with Gasteiger partial charge in [-0.05, 0) is 12.0 Å². The molecule has 19 heavy (non-hydrogen) atoms. The smallest absolute Gasteiger partial charge is 0.246 e. The topological polar surface area (TPSA) is 72.2 Å². The molecule has 0 heterocycles. The molecule has 1 rings (SSSR count). The summed E-state index contributed by atoms with van der Waals surface area (Å²) < 4.78 is 65.1. The number of sulfonamides is 1. The highest BCUT2D eigenvalue weighted by Gasteiger charge is 2.27. The minimum atomic E-state index is -4.40. The van der Waals surface area contributed by atoms with Crippen molar-refractivity contribution in [2.45, 2.75) is 18.7 Å². The summed E-state index contributed by atoms with van der Waals surface area (Å²) in [5.41, 5.74) is 4.85. The van der Waals surface area contributed by atoms with E-state index in [0.29, 0.717) is 12.1 Å². The van der Waals surface area contributed by atoms with Gasteiger partial charge in [0.15, 0.2) is 4.90 Å². The van der Waals surface area contributed by atoms with Crippen LogP contribution in [0.2, 0.25) is 0 Å². The summed E-state index contributed by atoms with van der Waals surface area (Å²) in [4.78, 5) is -1.19. The second kappa shape index (κ2) is 5.48. The van der Waals surface area contributed by atoms with Gasteiger partial charge in [0.2, 0.25) is 10.0 Å². The first-order valence-corrected chi connectivity index (χ1v) is 6.92. The molecule has 0 fully saturated rings. The van der Waals surface area contributed by atoms with Gasteiger partial charge in [0.1, 0.15) is 17.5 Å². The number of rotatable bonds is 5. The zero-order valence-electron chi connectivity index (χ0n) is 10.5. The fourth-order valence-corrected chi connectivity index (χ4v) is 2.58. The summed E-state index contributed by atoms with van der Waals surface area (Å²) in [5.74, 6) is -4.14. The Hall–Kier alpha value is -1.12. The first-order chi connectivity index (χ1) is 8.59. The molecule has 0 saturated carbocycles. The van der Waals surface area contributed by atoms with Crippen molar-refractivity contribution in [2.75, 3.05) is 13.1 Å². The highest BCUT2D eigenvalue weighted by atomic mass is 32.2. The van der Waals surface area contributed by atoms with Crippen molar-refractivity contribution in [1.82, 2.24) is 4.72 Å². The molecule has 0 bridgehead atoms. The molecule has 0 spiro atoms. The predicted octanol–water partition coefficient (Wildman–Crippen LogP) is 1.37. The van der Waals surface area contributed by atoms with E-state index in [1.807, 2.05) is 0 Å². The van der Waals surface area contributed by atoms with E-state index in [1.54, 1.807) is 13.8 Å². The Morgan fingerprint density at radius 2 is 1.68 bits per heavy atom. The van der Waals surface area contributed by atoms with Crippen molar-refractivity contribution in [2.24, 2.45) is 11.1 Å². The molecule has 0 radical (unpaired) electrons. The van der Waals surface area contributed by atoms with Gasteiger partial charge in [-0.2, -0.15) is 0 Å². The van der Waals surface area contributed by atoms with Gasteiger partial charge in [0.25, 0.3) is 0 Å². The number of benzene rings is 1. The van der Waals surface area contributed by atoms with Gasteiger partial charge in [-0.15, -0.1) is 0 Å². The van der Waals surface area contributed by atoms with Crippen LogP contribution in [0.5, 0.6) is 0 Å². The Labute approximate surface area is 109 Å². The van der Waals surface area contributed by atoms with E-state index in [9.17, 15) is 21.6 Å². The third-order valence-corrected chi connectivity index (χ3v) is 3.98. The van der Waals surface area contributed by atoms with Crippen LogP contribution in [0.25, 0.3) is 0 Å². The second-order valence-corrected chi connectivity index (χ2v) is 6.60. The van der Waals surface area contributed by atoms with Crippen LogP contribution in [0.15, 0.2) is 17.0 Å². The van der Waals surface area contributed by atoms with E-state index >= 15 is 0 Å². The summed E-state index contributed by atoms with van der Waals surface area (Å²) in [7, 11) is -4.40. The summed E-state index contributed by atoms with van der Waals surface area (Å²) in [6, 6.07) is 0.622. The van der Waals surface area contributed by atoms with E-state index in [4.69, 9.17) is 5.73 Å². The predicted molar refractivity (Wildman–Crippen MR) is 64.3 cm³/mol. The van der Waals surface area contributed by atoms with Crippen LogP contribution < -0.4 is 10.5 Å². The lowest BCUT2D eigenvalue weighted by atomic mass is 9.95. The third kappa shape index (κ3) is 3.92. The standard InChI is InChI=1S/C11H15F3N2O2S/c1-11(2,5-15)6-16-19(17,18)10-8(13)3-7(12)4-9(10)14/h3-4,16H,5-6,15H2,1-2H3. The molecule has 4 nitrogen and oxygen atoms in total. The Kier molecular flexibility index (Phi) is 4.59. The zero-order chi connectivity index (χ0) is 14.8. The maximum Gasteiger partial charge on any atom is 0.246 e. The van der Waals surface area contributed by atoms with Crippen molar-refractivity contribution < 1.29 is 21.6 Å². The van der Waals surface area contributed by atoms with E-state index in [1.165, 1.54) is 0 Å². The van der Waals surface area contributed by atoms with Crippen molar-refractivity contribution >= 4 is 10.0 Å². The van der Waals surface area contributed by atoms with E-state index in [-0.39, 0.29) is 13.1 Å². The van der Waals surface area contributed by atoms with Crippen LogP contribution in [0.3, 0.4) is 0 Å². The maximum absolute atomic E-state index is 13.4. The third-order valence-electron chi connectivity index (χ3n) is 2.53. The molecule has 1 aromatic carbocycles. The minimum Gasteiger partial charge on any atom is -0.330 e. The number of nitrogens with one attached hydrogen (secondary N) is 1. The van der Waals surface area contributed by atoms with Gasteiger partial charge < -0.3 is 5.73 Å². The molecular formula is C11H15F3N2O2S. The van der Waals surface area contributed by atoms with Crippen LogP contribution >= 0.6 is 0 Å². The van der Waals surface area contributed by atoms with Crippen LogP contribution in [-0.2, 0) is 10.0 Å². The first kappa shape index (κ1) is 15.9. The van der Waals surface area contributed by atoms with E-state index < -0.39 is 37.8 Å². The molecule has 108 valence electrons. The van der Waals surface area contributed by atoms with Gasteiger partial charge in [-0.1, -0.05) is 13.8 Å². The van der Waals surface area contributed by atoms with Crippen LogP contribution in [-0.4, -0.2) is 21.5 Å². The summed E-state index contributed by atoms with van der Waals surface area (Å²) in [6.07, 6.45) is 0. The Balaban J connectivity index is 3.09. The average Bonchev–Trinajstić information content (AvgIpc) is 2.25. The summed E-state index contributed by atoms with van der Waals surface area (Å²) in [5, 5.41) is 0. The number of halogens is 3. The molecule has 0 atom stereocenters. The van der Waals surface area contributed by atoms with E-state index in [2.05, 4.69) is 4.72 Å². The Bertz CT molecular complexity index is 550. The molecule has 0 aliphatic rings. The lowest BCUT2D eigenvalue weighted by Gasteiger charge is -2.22. The van der Waals surface area contributed by atoms with Gasteiger partial charge in [0, 0.05) is 18.7 Å². The molecule has 1 aromatic rings. The van der Waals surface area contributed by atoms with Gasteiger partial charge >= 0.3 is 0 Å². The largest absolute Gasteiger partial charge is 0.330 e. The molecule has 3 N–H and O–H groups in total. The van der Waals surface area contributed by atoms with Gasteiger partial charge in [0.05, 0.1) is 0 Å². The Morgan fingerprint density at radius 3 is 2.11 bits per heavy atom. The molecular weight excluding hydrogens is 281 g/mol. The molecule has 0 amide bonds. The number of hydrogen-bond acceptors (Lipinski definition) is 3. The lowest BCUT2D eigenvalue weighted by Crippen LogP contribution is -2.38. The van der Waals surface area contributed by atoms with Crippen LogP contribution in [0.4, 0.5) is 13.2 Å². The molecule has 0 unspecified atom stereocenters. The monoisotopic (exact) mass is 296 g/mol. The maximum atomic E-state index is 13.4. The van der Waals surface area contributed by atoms with Crippen molar-refractivity contribution in [3.05, 3.63) is 29.6 Å². The fourth-order valence-electron chi connectivity index (χ4n) is 1.22. The molecule has 0 aliphatic heterocycles. The quantitative estimate of drug-likeness (QED) is 0.862. The highest BCUT2D eigenvalue weighted by molar-refractivity contribution is 7.89. The first-order valence-electron chi connectivity index (χ1n) is 5.43. The fraction of sp³-hybridized carbons (Fsp3) is 0.455. The molecule has 0 aromatic heterocycles.